The lowest BCUT2D eigenvalue weighted by molar-refractivity contribution is 0.0991. The molecule has 0 radical (unpaired) electrons. The molecule has 1 aliphatic heterocycles. The summed E-state index contributed by atoms with van der Waals surface area (Å²) < 4.78 is 24.9. The maximum Gasteiger partial charge on any atom is 0.407 e. The summed E-state index contributed by atoms with van der Waals surface area (Å²) in [6.45, 7) is 0.910. The standard InChI is InChI=1S/C25H24FN3O5/c26-17-5-1-14(2-6-17)15-3-7-18(8-4-15)33-23-9-16-12-29(25(31)32)13-21(16)20(23)10-19-11-22(24(27)30)28-34-19/h1-8,11,16,20-21,23H,9-10,12-13H2,(H2,27,30)(H,31,32)/t16-,20-,21-,23+/m1/s1. The third-order valence-electron chi connectivity index (χ3n) is 6.89. The first-order valence-corrected chi connectivity index (χ1v) is 11.1. The SMILES string of the molecule is NC(=O)c1cc(C[C@@H]2[C@@H]3CN(C(=O)O)C[C@H]3C[C@@H]2Oc2ccc(-c3ccc(F)cc3)cc2)on1. The van der Waals surface area contributed by atoms with Gasteiger partial charge in [0.1, 0.15) is 23.4 Å². The van der Waals surface area contributed by atoms with Gasteiger partial charge in [-0.25, -0.2) is 9.18 Å². The first kappa shape index (κ1) is 21.9. The van der Waals surface area contributed by atoms with Crippen LogP contribution in [0.5, 0.6) is 5.75 Å². The Hall–Kier alpha value is -3.88. The van der Waals surface area contributed by atoms with Crippen LogP contribution in [-0.4, -0.2) is 46.4 Å². The molecule has 5 rings (SSSR count). The summed E-state index contributed by atoms with van der Waals surface area (Å²) in [5.74, 6) is 0.563. The zero-order valence-electron chi connectivity index (χ0n) is 18.3. The van der Waals surface area contributed by atoms with Crippen LogP contribution in [0.3, 0.4) is 0 Å². The van der Waals surface area contributed by atoms with Crippen LogP contribution in [0.15, 0.2) is 59.1 Å². The summed E-state index contributed by atoms with van der Waals surface area (Å²) >= 11 is 0. The molecule has 1 saturated heterocycles. The van der Waals surface area contributed by atoms with E-state index in [1.54, 1.807) is 12.1 Å². The van der Waals surface area contributed by atoms with Crippen molar-refractivity contribution in [2.45, 2.75) is 18.9 Å². The van der Waals surface area contributed by atoms with Crippen LogP contribution in [0.4, 0.5) is 9.18 Å². The smallest absolute Gasteiger partial charge is 0.407 e. The molecule has 0 spiro atoms. The van der Waals surface area contributed by atoms with Gasteiger partial charge in [0.05, 0.1) is 0 Å². The van der Waals surface area contributed by atoms with Crippen molar-refractivity contribution in [3.05, 3.63) is 71.9 Å². The van der Waals surface area contributed by atoms with Crippen molar-refractivity contribution < 1.29 is 28.3 Å². The Morgan fingerprint density at radius 3 is 2.41 bits per heavy atom. The van der Waals surface area contributed by atoms with Crippen LogP contribution >= 0.6 is 0 Å². The van der Waals surface area contributed by atoms with E-state index in [1.807, 2.05) is 24.3 Å². The number of carbonyl (C=O) groups is 2. The van der Waals surface area contributed by atoms with Crippen LogP contribution < -0.4 is 10.5 Å². The summed E-state index contributed by atoms with van der Waals surface area (Å²) in [6, 6.07) is 15.5. The Morgan fingerprint density at radius 2 is 1.79 bits per heavy atom. The van der Waals surface area contributed by atoms with Gasteiger partial charge in [0.2, 0.25) is 0 Å². The average molecular weight is 465 g/mol. The van der Waals surface area contributed by atoms with Crippen molar-refractivity contribution in [2.24, 2.45) is 23.5 Å². The molecule has 2 aromatic carbocycles. The number of nitrogens with two attached hydrogens (primary N) is 1. The van der Waals surface area contributed by atoms with Gasteiger partial charge in [-0.15, -0.1) is 0 Å². The second kappa shape index (κ2) is 8.81. The molecule has 4 atom stereocenters. The number of carboxylic acid groups (broad SMARTS) is 1. The first-order valence-electron chi connectivity index (χ1n) is 11.1. The average Bonchev–Trinajstić information content (AvgIpc) is 3.52. The number of hydrogen-bond acceptors (Lipinski definition) is 5. The van der Waals surface area contributed by atoms with E-state index >= 15 is 0 Å². The number of fused-ring (bicyclic) bond motifs is 1. The van der Waals surface area contributed by atoms with E-state index in [9.17, 15) is 19.1 Å². The van der Waals surface area contributed by atoms with Crippen LogP contribution in [0.1, 0.15) is 22.7 Å². The van der Waals surface area contributed by atoms with Gasteiger partial charge >= 0.3 is 6.09 Å². The molecule has 8 nitrogen and oxygen atoms in total. The van der Waals surface area contributed by atoms with Crippen molar-refractivity contribution in [1.29, 1.82) is 0 Å². The number of rotatable bonds is 6. The van der Waals surface area contributed by atoms with E-state index in [2.05, 4.69) is 5.16 Å². The Morgan fingerprint density at radius 1 is 1.12 bits per heavy atom. The molecule has 2 aliphatic rings. The number of nitrogens with zero attached hydrogens (tertiary/aromatic N) is 2. The predicted octanol–water partition coefficient (Wildman–Crippen LogP) is 3.82. The normalized spacial score (nSPS) is 23.6. The summed E-state index contributed by atoms with van der Waals surface area (Å²) in [6.07, 6.45) is 0.116. The molecule has 3 N–H and O–H groups in total. The van der Waals surface area contributed by atoms with E-state index in [4.69, 9.17) is 15.0 Å². The third-order valence-corrected chi connectivity index (χ3v) is 6.89. The molecule has 1 saturated carbocycles. The van der Waals surface area contributed by atoms with E-state index < -0.39 is 12.0 Å². The lowest BCUT2D eigenvalue weighted by Crippen LogP contribution is -2.33. The van der Waals surface area contributed by atoms with Gasteiger partial charge in [-0.2, -0.15) is 0 Å². The second-order valence-electron chi connectivity index (χ2n) is 8.95. The molecule has 2 heterocycles. The maximum atomic E-state index is 13.2. The summed E-state index contributed by atoms with van der Waals surface area (Å²) in [4.78, 5) is 24.3. The molecule has 34 heavy (non-hydrogen) atoms. The number of halogens is 1. The van der Waals surface area contributed by atoms with Crippen molar-refractivity contribution in [3.8, 4) is 16.9 Å². The fourth-order valence-electron chi connectivity index (χ4n) is 5.25. The van der Waals surface area contributed by atoms with Gasteiger partial charge in [-0.05, 0) is 53.6 Å². The van der Waals surface area contributed by atoms with E-state index in [0.29, 0.717) is 31.0 Å². The van der Waals surface area contributed by atoms with E-state index in [0.717, 1.165) is 17.5 Å². The van der Waals surface area contributed by atoms with Crippen molar-refractivity contribution in [3.63, 3.8) is 0 Å². The lowest BCUT2D eigenvalue weighted by atomic mass is 9.88. The Bertz CT molecular complexity index is 1190. The lowest BCUT2D eigenvalue weighted by Gasteiger charge is -2.25. The summed E-state index contributed by atoms with van der Waals surface area (Å²) in [7, 11) is 0. The second-order valence-corrected chi connectivity index (χ2v) is 8.95. The number of amides is 2. The number of ether oxygens (including phenoxy) is 1. The van der Waals surface area contributed by atoms with Crippen LogP contribution in [0, 0.1) is 23.6 Å². The number of aromatic nitrogens is 1. The van der Waals surface area contributed by atoms with E-state index in [-0.39, 0.29) is 35.4 Å². The monoisotopic (exact) mass is 465 g/mol. The van der Waals surface area contributed by atoms with Gasteiger partial charge in [-0.1, -0.05) is 29.4 Å². The molecular weight excluding hydrogens is 441 g/mol. The molecule has 2 amide bonds. The van der Waals surface area contributed by atoms with Crippen LogP contribution in [-0.2, 0) is 6.42 Å². The first-order chi connectivity index (χ1) is 16.4. The zero-order chi connectivity index (χ0) is 23.8. The quantitative estimate of drug-likeness (QED) is 0.571. The Kier molecular flexibility index (Phi) is 5.69. The van der Waals surface area contributed by atoms with Crippen molar-refractivity contribution >= 4 is 12.0 Å². The molecular formula is C25H24FN3O5. The molecule has 1 aliphatic carbocycles. The third kappa shape index (κ3) is 4.33. The van der Waals surface area contributed by atoms with Gasteiger partial charge in [0.25, 0.3) is 5.91 Å². The maximum absolute atomic E-state index is 13.2. The van der Waals surface area contributed by atoms with Crippen molar-refractivity contribution in [2.75, 3.05) is 13.1 Å². The number of primary amides is 1. The minimum Gasteiger partial charge on any atom is -0.490 e. The van der Waals surface area contributed by atoms with E-state index in [1.165, 1.54) is 23.1 Å². The van der Waals surface area contributed by atoms with Crippen molar-refractivity contribution in [1.82, 2.24) is 10.1 Å². The van der Waals surface area contributed by atoms with Gasteiger partial charge in [0.15, 0.2) is 5.69 Å². The predicted molar refractivity (Wildman–Crippen MR) is 120 cm³/mol. The zero-order valence-corrected chi connectivity index (χ0v) is 18.3. The van der Waals surface area contributed by atoms with Gasteiger partial charge < -0.3 is 25.0 Å². The topological polar surface area (TPSA) is 119 Å². The van der Waals surface area contributed by atoms with Gasteiger partial charge in [0, 0.05) is 31.5 Å². The van der Waals surface area contributed by atoms with Crippen LogP contribution in [0.2, 0.25) is 0 Å². The molecule has 1 aromatic heterocycles. The molecule has 0 unspecified atom stereocenters. The molecule has 2 fully saturated rings. The van der Waals surface area contributed by atoms with Crippen LogP contribution in [0.25, 0.3) is 11.1 Å². The number of carbonyl (C=O) groups excluding carboxylic acids is 1. The highest BCUT2D eigenvalue weighted by atomic mass is 19.1. The highest BCUT2D eigenvalue weighted by Crippen LogP contribution is 2.45. The number of hydrogen-bond donors (Lipinski definition) is 2. The molecule has 9 heteroatoms. The summed E-state index contributed by atoms with van der Waals surface area (Å²) in [5, 5.41) is 13.2. The fraction of sp³-hybridized carbons (Fsp3) is 0.320. The fourth-order valence-corrected chi connectivity index (χ4v) is 5.25. The minimum atomic E-state index is -0.919. The molecule has 0 bridgehead atoms. The summed E-state index contributed by atoms with van der Waals surface area (Å²) in [5.41, 5.74) is 7.21. The highest BCUT2D eigenvalue weighted by Gasteiger charge is 2.50. The van der Waals surface area contributed by atoms with Gasteiger partial charge in [-0.3, -0.25) is 4.79 Å². The molecule has 3 aromatic rings. The highest BCUT2D eigenvalue weighted by molar-refractivity contribution is 5.90. The number of likely N-dealkylation sites (tertiary alicyclic amines) is 1. The Balaban J connectivity index is 1.34. The Labute approximate surface area is 195 Å². The number of benzene rings is 2. The molecule has 176 valence electrons. The largest absolute Gasteiger partial charge is 0.490 e. The minimum absolute atomic E-state index is 0.0141.